The smallest absolute Gasteiger partial charge is 0.534 e. The minimum atomic E-state index is -1.40. The molecule has 1 aromatic carbocycles. The van der Waals surface area contributed by atoms with E-state index in [2.05, 4.69) is 10.3 Å². The molecule has 1 aromatic rings. The molecule has 0 radical (unpaired) electrons. The van der Waals surface area contributed by atoms with Crippen LogP contribution in [0.1, 0.15) is 15.9 Å². The van der Waals surface area contributed by atoms with Crippen LogP contribution >= 0.6 is 0 Å². The molecule has 0 aliphatic carbocycles. The van der Waals surface area contributed by atoms with E-state index in [0.29, 0.717) is 31.7 Å². The Bertz CT molecular complexity index is 892. The van der Waals surface area contributed by atoms with Crippen LogP contribution in [0.25, 0.3) is 0 Å². The van der Waals surface area contributed by atoms with Crippen LogP contribution < -0.4 is 21.4 Å². The van der Waals surface area contributed by atoms with Gasteiger partial charge in [0.2, 0.25) is 11.8 Å². The number of fused-ring (bicyclic) bond motifs is 1. The van der Waals surface area contributed by atoms with Gasteiger partial charge in [0, 0.05) is 19.6 Å². The van der Waals surface area contributed by atoms with Gasteiger partial charge in [0.15, 0.2) is 5.96 Å². The number of para-hydroxylation sites is 1. The van der Waals surface area contributed by atoms with Crippen LogP contribution in [-0.2, 0) is 16.0 Å². The first-order chi connectivity index (χ1) is 14.7. The Morgan fingerprint density at radius 1 is 1.32 bits per heavy atom. The molecule has 12 nitrogen and oxygen atoms in total. The highest BCUT2D eigenvalue weighted by molar-refractivity contribution is 6.47. The van der Waals surface area contributed by atoms with Gasteiger partial charge in [-0.25, -0.2) is 4.79 Å². The summed E-state index contributed by atoms with van der Waals surface area (Å²) < 4.78 is 5.36. The van der Waals surface area contributed by atoms with Crippen LogP contribution in [0.5, 0.6) is 5.75 Å². The molecule has 1 atom stereocenters. The number of rotatable bonds is 7. The summed E-state index contributed by atoms with van der Waals surface area (Å²) in [5, 5.41) is 22.2. The third-order valence-electron chi connectivity index (χ3n) is 5.14. The van der Waals surface area contributed by atoms with Crippen molar-refractivity contribution in [3.8, 4) is 5.75 Å². The molecular formula is C18H25BN6O6. The van der Waals surface area contributed by atoms with Crippen molar-refractivity contribution in [2.75, 3.05) is 39.3 Å². The van der Waals surface area contributed by atoms with E-state index in [1.165, 1.54) is 11.0 Å². The minimum absolute atomic E-state index is 0.00248. The van der Waals surface area contributed by atoms with Gasteiger partial charge < -0.3 is 36.5 Å². The number of hydrogen-bond acceptors (Lipinski definition) is 7. The molecule has 3 rings (SSSR count). The summed E-state index contributed by atoms with van der Waals surface area (Å²) >= 11 is 0. The molecule has 0 unspecified atom stereocenters. The first kappa shape index (κ1) is 22.4. The number of aromatic carboxylic acids is 1. The topological polar surface area (TPSA) is 184 Å². The predicted octanol–water partition coefficient (Wildman–Crippen LogP) is -2.76. The molecule has 166 valence electrons. The Morgan fingerprint density at radius 2 is 2.10 bits per heavy atom. The SMILES string of the molecule is NC(N)=NCCN1CCN(CC(=O)N[C@H]2Cc3cccc(C(=O)O)c3OB2O)C(=O)C1. The number of nitrogens with one attached hydrogen (secondary N) is 1. The van der Waals surface area contributed by atoms with Gasteiger partial charge in [0.05, 0.1) is 31.1 Å². The molecule has 7 N–H and O–H groups in total. The summed E-state index contributed by atoms with van der Waals surface area (Å²) in [5.41, 5.74) is 11.1. The second kappa shape index (κ2) is 9.66. The van der Waals surface area contributed by atoms with Crippen molar-refractivity contribution in [1.29, 1.82) is 0 Å². The van der Waals surface area contributed by atoms with Crippen LogP contribution in [0.2, 0.25) is 0 Å². The number of guanidine groups is 1. The number of aliphatic imine (C=N–C) groups is 1. The number of carboxylic acid groups (broad SMARTS) is 1. The summed E-state index contributed by atoms with van der Waals surface area (Å²) in [6, 6.07) is 4.64. The zero-order valence-corrected chi connectivity index (χ0v) is 16.9. The lowest BCUT2D eigenvalue weighted by atomic mass is 9.72. The highest BCUT2D eigenvalue weighted by Crippen LogP contribution is 2.30. The Hall–Kier alpha value is -3.32. The Kier molecular flexibility index (Phi) is 6.97. The molecule has 1 saturated heterocycles. The average Bonchev–Trinajstić information content (AvgIpc) is 2.69. The van der Waals surface area contributed by atoms with E-state index in [1.54, 1.807) is 12.1 Å². The summed E-state index contributed by atoms with van der Waals surface area (Å²) in [6.45, 7) is 1.90. The van der Waals surface area contributed by atoms with Crippen molar-refractivity contribution in [3.63, 3.8) is 0 Å². The fourth-order valence-electron chi connectivity index (χ4n) is 3.58. The van der Waals surface area contributed by atoms with Gasteiger partial charge in [0.1, 0.15) is 5.75 Å². The fourth-order valence-corrected chi connectivity index (χ4v) is 3.58. The molecule has 1 fully saturated rings. The van der Waals surface area contributed by atoms with Crippen LogP contribution in [-0.4, -0.2) is 96.0 Å². The standard InChI is InChI=1S/C18H25BN6O6/c20-18(21)22-4-5-24-6-7-25(15(27)10-24)9-14(26)23-13-8-11-2-1-3-12(17(28)29)16(11)31-19(13)30/h1-3,13,30H,4-10H2,(H,23,26)(H,28,29)(H4,20,21,22)/t13-/m0/s1. The highest BCUT2D eigenvalue weighted by atomic mass is 16.5. The average molecular weight is 432 g/mol. The zero-order valence-electron chi connectivity index (χ0n) is 16.9. The van der Waals surface area contributed by atoms with Crippen LogP contribution in [0.3, 0.4) is 0 Å². The molecule has 2 heterocycles. The molecule has 0 saturated carbocycles. The van der Waals surface area contributed by atoms with Gasteiger partial charge in [-0.05, 0) is 18.1 Å². The van der Waals surface area contributed by atoms with Gasteiger partial charge in [-0.15, -0.1) is 0 Å². The number of carbonyl (C=O) groups excluding carboxylic acids is 2. The summed E-state index contributed by atoms with van der Waals surface area (Å²) in [4.78, 5) is 43.4. The third-order valence-corrected chi connectivity index (χ3v) is 5.14. The molecule has 31 heavy (non-hydrogen) atoms. The molecule has 13 heteroatoms. The largest absolute Gasteiger partial charge is 0.547 e. The number of carbonyl (C=O) groups is 3. The Morgan fingerprint density at radius 3 is 2.77 bits per heavy atom. The summed E-state index contributed by atoms with van der Waals surface area (Å²) in [7, 11) is -1.40. The lowest BCUT2D eigenvalue weighted by Gasteiger charge is -2.34. The first-order valence-corrected chi connectivity index (χ1v) is 9.79. The van der Waals surface area contributed by atoms with E-state index >= 15 is 0 Å². The number of nitrogens with zero attached hydrogens (tertiary/aromatic N) is 3. The van der Waals surface area contributed by atoms with E-state index in [0.717, 1.165) is 0 Å². The number of nitrogens with two attached hydrogens (primary N) is 2. The van der Waals surface area contributed by atoms with E-state index in [9.17, 15) is 24.5 Å². The second-order valence-corrected chi connectivity index (χ2v) is 7.38. The maximum Gasteiger partial charge on any atom is 0.547 e. The molecule has 0 spiro atoms. The molecule has 2 aliphatic rings. The van der Waals surface area contributed by atoms with Gasteiger partial charge in [-0.2, -0.15) is 0 Å². The van der Waals surface area contributed by atoms with E-state index < -0.39 is 24.9 Å². The molecule has 0 bridgehead atoms. The Balaban J connectivity index is 1.52. The molecule has 2 amide bonds. The van der Waals surface area contributed by atoms with Crippen LogP contribution in [0, 0.1) is 0 Å². The summed E-state index contributed by atoms with van der Waals surface area (Å²) in [6.07, 6.45) is 0.204. The first-order valence-electron chi connectivity index (χ1n) is 9.79. The van der Waals surface area contributed by atoms with Gasteiger partial charge >= 0.3 is 13.1 Å². The van der Waals surface area contributed by atoms with Gasteiger partial charge in [-0.1, -0.05) is 12.1 Å². The highest BCUT2D eigenvalue weighted by Gasteiger charge is 2.38. The van der Waals surface area contributed by atoms with Gasteiger partial charge in [-0.3, -0.25) is 19.5 Å². The monoisotopic (exact) mass is 432 g/mol. The van der Waals surface area contributed by atoms with E-state index in [1.807, 2.05) is 4.90 Å². The molecule has 0 aromatic heterocycles. The van der Waals surface area contributed by atoms with E-state index in [4.69, 9.17) is 16.1 Å². The third kappa shape index (κ3) is 5.64. The molecular weight excluding hydrogens is 407 g/mol. The lowest BCUT2D eigenvalue weighted by molar-refractivity contribution is -0.140. The zero-order chi connectivity index (χ0) is 22.5. The predicted molar refractivity (Wildman–Crippen MR) is 111 cm³/mol. The maximum absolute atomic E-state index is 12.5. The minimum Gasteiger partial charge on any atom is -0.534 e. The molecule has 2 aliphatic heterocycles. The lowest BCUT2D eigenvalue weighted by Crippen LogP contribution is -2.57. The van der Waals surface area contributed by atoms with Crippen molar-refractivity contribution in [1.82, 2.24) is 15.1 Å². The number of amides is 2. The van der Waals surface area contributed by atoms with Crippen LogP contribution in [0.4, 0.5) is 0 Å². The summed E-state index contributed by atoms with van der Waals surface area (Å²) in [5.74, 6) is -2.46. The Labute approximate surface area is 179 Å². The fraction of sp³-hybridized carbons (Fsp3) is 0.444. The number of benzene rings is 1. The second-order valence-electron chi connectivity index (χ2n) is 7.38. The number of piperazine rings is 1. The van der Waals surface area contributed by atoms with Crippen LogP contribution in [0.15, 0.2) is 23.2 Å². The van der Waals surface area contributed by atoms with E-state index in [-0.39, 0.29) is 42.7 Å². The van der Waals surface area contributed by atoms with Crippen molar-refractivity contribution >= 4 is 30.9 Å². The van der Waals surface area contributed by atoms with Crippen molar-refractivity contribution < 1.29 is 29.2 Å². The van der Waals surface area contributed by atoms with Crippen molar-refractivity contribution in [2.24, 2.45) is 16.5 Å². The maximum atomic E-state index is 12.5. The number of carboxylic acids is 1. The van der Waals surface area contributed by atoms with Gasteiger partial charge in [0.25, 0.3) is 0 Å². The quantitative estimate of drug-likeness (QED) is 0.173. The number of hydrogen-bond donors (Lipinski definition) is 5. The van der Waals surface area contributed by atoms with Crippen molar-refractivity contribution in [3.05, 3.63) is 29.3 Å². The normalized spacial score (nSPS) is 18.7. The van der Waals surface area contributed by atoms with Crippen molar-refractivity contribution in [2.45, 2.75) is 12.4 Å².